The maximum absolute atomic E-state index is 5.33. The van der Waals surface area contributed by atoms with E-state index in [0.29, 0.717) is 0 Å². The summed E-state index contributed by atoms with van der Waals surface area (Å²) in [5.41, 5.74) is 0. The van der Waals surface area contributed by atoms with Crippen molar-refractivity contribution in [1.29, 1.82) is 0 Å². The van der Waals surface area contributed by atoms with E-state index in [1.165, 1.54) is 0 Å². The molecule has 0 spiro atoms. The van der Waals surface area contributed by atoms with Gasteiger partial charge >= 0.3 is 0 Å². The van der Waals surface area contributed by atoms with Crippen LogP contribution in [0.15, 0.2) is 49.1 Å². The molecule has 0 N–H and O–H groups in total. The monoisotopic (exact) mass is 202 g/mol. The van der Waals surface area contributed by atoms with Crippen LogP contribution in [0.5, 0.6) is 11.5 Å². The van der Waals surface area contributed by atoms with Crippen molar-refractivity contribution in [1.82, 2.24) is 9.97 Å². The Balaban J connectivity index is 1.81. The molecule has 2 heterocycles. The molecule has 0 radical (unpaired) electrons. The van der Waals surface area contributed by atoms with Gasteiger partial charge in [0.15, 0.2) is 0 Å². The van der Waals surface area contributed by atoms with Crippen LogP contribution >= 0.6 is 0 Å². The average molecular weight is 202 g/mol. The topological polar surface area (TPSA) is 44.2 Å². The third kappa shape index (κ3) is 2.95. The highest BCUT2D eigenvalue weighted by molar-refractivity contribution is 5.18. The van der Waals surface area contributed by atoms with Gasteiger partial charge in [0, 0.05) is 24.8 Å². The normalized spacial score (nSPS) is 9.60. The van der Waals surface area contributed by atoms with Crippen molar-refractivity contribution in [3.8, 4) is 11.5 Å². The highest BCUT2D eigenvalue weighted by Gasteiger charge is 1.93. The zero-order valence-corrected chi connectivity index (χ0v) is 8.04. The summed E-state index contributed by atoms with van der Waals surface area (Å²) in [6.07, 6.45) is 6.67. The molecule has 15 heavy (non-hydrogen) atoms. The lowest BCUT2D eigenvalue weighted by molar-refractivity contribution is 0.119. The molecule has 0 aliphatic carbocycles. The van der Waals surface area contributed by atoms with Gasteiger partial charge in [0.1, 0.15) is 11.5 Å². The van der Waals surface area contributed by atoms with Crippen molar-refractivity contribution in [3.05, 3.63) is 49.1 Å². The molecule has 0 fully saturated rings. The zero-order chi connectivity index (χ0) is 10.3. The second kappa shape index (κ2) is 4.95. The molecule has 2 aromatic heterocycles. The summed E-state index contributed by atoms with van der Waals surface area (Å²) in [6.45, 7) is 0.175. The Morgan fingerprint density at radius 3 is 1.53 bits per heavy atom. The minimum absolute atomic E-state index is 0.175. The molecule has 0 aromatic carbocycles. The summed E-state index contributed by atoms with van der Waals surface area (Å²) in [4.78, 5) is 7.77. The predicted octanol–water partition coefficient (Wildman–Crippen LogP) is 1.89. The van der Waals surface area contributed by atoms with Gasteiger partial charge in [0.25, 0.3) is 0 Å². The summed E-state index contributed by atoms with van der Waals surface area (Å²) in [5.74, 6) is 1.47. The Morgan fingerprint density at radius 1 is 0.733 bits per heavy atom. The Morgan fingerprint density at radius 2 is 1.13 bits per heavy atom. The lowest BCUT2D eigenvalue weighted by Gasteiger charge is -2.07. The molecule has 0 saturated heterocycles. The van der Waals surface area contributed by atoms with Gasteiger partial charge in [-0.05, 0) is 24.3 Å². The smallest absolute Gasteiger partial charge is 0.230 e. The van der Waals surface area contributed by atoms with Gasteiger partial charge < -0.3 is 9.47 Å². The van der Waals surface area contributed by atoms with Crippen LogP contribution in [-0.2, 0) is 0 Å². The van der Waals surface area contributed by atoms with Crippen LogP contribution in [0.3, 0.4) is 0 Å². The first-order chi connectivity index (χ1) is 7.45. The summed E-state index contributed by atoms with van der Waals surface area (Å²) in [6, 6.07) is 7.09. The lowest BCUT2D eigenvalue weighted by Crippen LogP contribution is -2.05. The van der Waals surface area contributed by atoms with E-state index >= 15 is 0 Å². The van der Waals surface area contributed by atoms with Gasteiger partial charge in [-0.2, -0.15) is 0 Å². The molecule has 4 nitrogen and oxygen atoms in total. The van der Waals surface area contributed by atoms with E-state index in [2.05, 4.69) is 9.97 Å². The fraction of sp³-hybridized carbons (Fsp3) is 0.0909. The molecule has 0 amide bonds. The Hall–Kier alpha value is -2.10. The van der Waals surface area contributed by atoms with Gasteiger partial charge in [-0.15, -0.1) is 0 Å². The van der Waals surface area contributed by atoms with Gasteiger partial charge in [-0.1, -0.05) is 0 Å². The summed E-state index contributed by atoms with van der Waals surface area (Å²) in [7, 11) is 0. The van der Waals surface area contributed by atoms with Crippen molar-refractivity contribution in [2.45, 2.75) is 0 Å². The maximum atomic E-state index is 5.33. The highest BCUT2D eigenvalue weighted by Crippen LogP contribution is 2.09. The molecule has 2 rings (SSSR count). The number of hydrogen-bond donors (Lipinski definition) is 0. The highest BCUT2D eigenvalue weighted by atomic mass is 16.7. The fourth-order valence-electron chi connectivity index (χ4n) is 1.03. The van der Waals surface area contributed by atoms with E-state index in [4.69, 9.17) is 9.47 Å². The number of aromatic nitrogens is 2. The molecule has 76 valence electrons. The summed E-state index contributed by atoms with van der Waals surface area (Å²) < 4.78 is 10.7. The Labute approximate surface area is 87.5 Å². The van der Waals surface area contributed by atoms with Crippen molar-refractivity contribution in [2.75, 3.05) is 6.79 Å². The molecule has 0 atom stereocenters. The van der Waals surface area contributed by atoms with Crippen LogP contribution < -0.4 is 9.47 Å². The first kappa shape index (κ1) is 9.45. The number of nitrogens with zero attached hydrogens (tertiary/aromatic N) is 2. The summed E-state index contributed by atoms with van der Waals surface area (Å²) in [5, 5.41) is 0. The maximum Gasteiger partial charge on any atom is 0.230 e. The number of hydrogen-bond acceptors (Lipinski definition) is 4. The molecule has 0 aliphatic rings. The van der Waals surface area contributed by atoms with Crippen LogP contribution in [0.25, 0.3) is 0 Å². The molecule has 0 saturated carbocycles. The number of rotatable bonds is 4. The Kier molecular flexibility index (Phi) is 3.12. The first-order valence-corrected chi connectivity index (χ1v) is 4.51. The predicted molar refractivity (Wildman–Crippen MR) is 54.6 cm³/mol. The van der Waals surface area contributed by atoms with E-state index < -0.39 is 0 Å². The molecule has 0 bridgehead atoms. The minimum Gasteiger partial charge on any atom is -0.457 e. The molecule has 0 aliphatic heterocycles. The van der Waals surface area contributed by atoms with Crippen LogP contribution in [0.1, 0.15) is 0 Å². The first-order valence-electron chi connectivity index (χ1n) is 4.51. The molecule has 0 unspecified atom stereocenters. The zero-order valence-electron chi connectivity index (χ0n) is 8.04. The third-order valence-corrected chi connectivity index (χ3v) is 1.75. The third-order valence-electron chi connectivity index (χ3n) is 1.75. The largest absolute Gasteiger partial charge is 0.457 e. The lowest BCUT2D eigenvalue weighted by atomic mass is 10.4. The van der Waals surface area contributed by atoms with E-state index in [1.807, 2.05) is 0 Å². The van der Waals surface area contributed by atoms with E-state index in [0.717, 1.165) is 11.5 Å². The van der Waals surface area contributed by atoms with Crippen molar-refractivity contribution in [2.24, 2.45) is 0 Å². The average Bonchev–Trinajstić information content (AvgIpc) is 2.32. The van der Waals surface area contributed by atoms with Crippen molar-refractivity contribution >= 4 is 0 Å². The number of pyridine rings is 2. The van der Waals surface area contributed by atoms with E-state index in [9.17, 15) is 0 Å². The van der Waals surface area contributed by atoms with Crippen molar-refractivity contribution in [3.63, 3.8) is 0 Å². The van der Waals surface area contributed by atoms with Crippen LogP contribution in [-0.4, -0.2) is 16.8 Å². The van der Waals surface area contributed by atoms with E-state index in [-0.39, 0.29) is 6.79 Å². The Bertz CT molecular complexity index is 352. The SMILES string of the molecule is c1cc(OCOc2ccncc2)ccn1. The van der Waals surface area contributed by atoms with Crippen LogP contribution in [0.2, 0.25) is 0 Å². The molecular weight excluding hydrogens is 192 g/mol. The second-order valence-electron chi connectivity index (χ2n) is 2.77. The standard InChI is InChI=1S/C11H10N2O2/c1-5-12-6-2-10(1)14-9-15-11-3-7-13-8-4-11/h1-8H,9H2. The second-order valence-corrected chi connectivity index (χ2v) is 2.77. The van der Waals surface area contributed by atoms with Gasteiger partial charge in [0.05, 0.1) is 0 Å². The van der Waals surface area contributed by atoms with Gasteiger partial charge in [-0.3, -0.25) is 9.97 Å². The van der Waals surface area contributed by atoms with Gasteiger partial charge in [-0.25, -0.2) is 0 Å². The molecule has 2 aromatic rings. The quantitative estimate of drug-likeness (QED) is 0.710. The summed E-state index contributed by atoms with van der Waals surface area (Å²) >= 11 is 0. The van der Waals surface area contributed by atoms with Gasteiger partial charge in [0.2, 0.25) is 6.79 Å². The molecular formula is C11H10N2O2. The minimum atomic E-state index is 0.175. The number of ether oxygens (including phenoxy) is 2. The van der Waals surface area contributed by atoms with E-state index in [1.54, 1.807) is 49.1 Å². The molecule has 4 heteroatoms. The fourth-order valence-corrected chi connectivity index (χ4v) is 1.03. The van der Waals surface area contributed by atoms with Crippen molar-refractivity contribution < 1.29 is 9.47 Å². The van der Waals surface area contributed by atoms with Crippen LogP contribution in [0.4, 0.5) is 0 Å². The van der Waals surface area contributed by atoms with Crippen LogP contribution in [0, 0.1) is 0 Å².